The van der Waals surface area contributed by atoms with Crippen molar-refractivity contribution in [1.82, 2.24) is 10.3 Å². The number of ether oxygens (including phenoxy) is 1. The van der Waals surface area contributed by atoms with E-state index in [2.05, 4.69) is 16.3 Å². The molecule has 14 heteroatoms. The van der Waals surface area contributed by atoms with Gasteiger partial charge in [0.05, 0.1) is 41.3 Å². The highest BCUT2D eigenvalue weighted by molar-refractivity contribution is 8.24. The highest BCUT2D eigenvalue weighted by atomic mass is 32.3. The minimum Gasteiger partial charge on any atom is -0.368 e. The summed E-state index contributed by atoms with van der Waals surface area (Å²) in [5.41, 5.74) is 1.75. The van der Waals surface area contributed by atoms with E-state index < -0.39 is 28.4 Å². The lowest BCUT2D eigenvalue weighted by Crippen LogP contribution is -2.49. The van der Waals surface area contributed by atoms with Crippen molar-refractivity contribution in [2.75, 3.05) is 54.1 Å². The fourth-order valence-corrected chi connectivity index (χ4v) is 8.64. The first-order valence-corrected chi connectivity index (χ1v) is 17.4. The molecule has 3 heterocycles. The number of alkyl halides is 3. The maximum Gasteiger partial charge on any atom is 0.416 e. The molecule has 43 heavy (non-hydrogen) atoms. The van der Waals surface area contributed by atoms with E-state index in [1.807, 2.05) is 24.3 Å². The molecular formula is C29H36F3N5O4S2. The summed E-state index contributed by atoms with van der Waals surface area (Å²) in [6.45, 7) is 0.956. The Morgan fingerprint density at radius 2 is 1.81 bits per heavy atom. The predicted octanol–water partition coefficient (Wildman–Crippen LogP) is 5.59. The molecule has 0 bridgehead atoms. The van der Waals surface area contributed by atoms with Gasteiger partial charge in [-0.25, -0.2) is 4.98 Å². The van der Waals surface area contributed by atoms with E-state index in [4.69, 9.17) is 9.72 Å². The Morgan fingerprint density at radius 3 is 2.47 bits per heavy atom. The third-order valence-corrected chi connectivity index (χ3v) is 11.8. The molecule has 2 aliphatic carbocycles. The van der Waals surface area contributed by atoms with Crippen LogP contribution in [0.25, 0.3) is 10.4 Å². The van der Waals surface area contributed by atoms with Crippen molar-refractivity contribution in [2.24, 2.45) is 5.92 Å². The third-order valence-electron chi connectivity index (χ3n) is 9.00. The molecule has 2 aromatic rings. The van der Waals surface area contributed by atoms with Crippen molar-refractivity contribution in [3.05, 3.63) is 30.0 Å². The van der Waals surface area contributed by atoms with Gasteiger partial charge in [0.1, 0.15) is 5.54 Å². The average Bonchev–Trinajstić information content (AvgIpc) is 3.63. The number of amides is 1. The lowest BCUT2D eigenvalue weighted by atomic mass is 9.76. The summed E-state index contributed by atoms with van der Waals surface area (Å²) in [6, 6.07) is 10.1. The summed E-state index contributed by atoms with van der Waals surface area (Å²) in [4.78, 5) is 23.0. The number of nitriles is 1. The number of halogens is 3. The van der Waals surface area contributed by atoms with Gasteiger partial charge in [-0.05, 0) is 43.4 Å². The van der Waals surface area contributed by atoms with Crippen LogP contribution in [-0.4, -0.2) is 82.1 Å². The molecule has 3 atom stereocenters. The zero-order valence-electron chi connectivity index (χ0n) is 23.7. The molecule has 1 aromatic heterocycles. The van der Waals surface area contributed by atoms with Crippen LogP contribution in [0.1, 0.15) is 50.1 Å². The average molecular weight is 640 g/mol. The zero-order chi connectivity index (χ0) is 30.4. The smallest absolute Gasteiger partial charge is 0.368 e. The molecule has 1 aromatic carbocycles. The van der Waals surface area contributed by atoms with Gasteiger partial charge in [0.25, 0.3) is 0 Å². The third kappa shape index (κ3) is 6.61. The number of hydrogen-bond acceptors (Lipinski definition) is 9. The Morgan fingerprint density at radius 1 is 1.12 bits per heavy atom. The minimum absolute atomic E-state index is 0.0612. The maximum absolute atomic E-state index is 13.5. The molecule has 4 aliphatic rings. The molecule has 9 nitrogen and oxygen atoms in total. The Bertz CT molecular complexity index is 1370. The largest absolute Gasteiger partial charge is 0.416 e. The van der Waals surface area contributed by atoms with E-state index in [0.29, 0.717) is 49.0 Å². The quantitative estimate of drug-likeness (QED) is 0.374. The van der Waals surface area contributed by atoms with E-state index in [-0.39, 0.29) is 37.4 Å². The van der Waals surface area contributed by atoms with Crippen molar-refractivity contribution in [3.8, 4) is 16.5 Å². The van der Waals surface area contributed by atoms with E-state index in [1.54, 1.807) is 4.90 Å². The van der Waals surface area contributed by atoms with Crippen LogP contribution in [0, 0.1) is 17.2 Å². The van der Waals surface area contributed by atoms with E-state index >= 15 is 0 Å². The molecule has 1 amide bonds. The van der Waals surface area contributed by atoms with Crippen LogP contribution in [0.4, 0.5) is 24.0 Å². The second-order valence-corrected chi connectivity index (χ2v) is 15.4. The van der Waals surface area contributed by atoms with Crippen molar-refractivity contribution in [3.63, 3.8) is 0 Å². The molecule has 3 N–H and O–H groups in total. The van der Waals surface area contributed by atoms with Gasteiger partial charge >= 0.3 is 6.18 Å². The number of thiazole rings is 1. The van der Waals surface area contributed by atoms with E-state index in [9.17, 15) is 32.3 Å². The zero-order valence-corrected chi connectivity index (χ0v) is 25.3. The molecule has 2 saturated carbocycles. The number of anilines is 2. The Balaban J connectivity index is 1.32. The molecule has 2 saturated heterocycles. The number of nitrogens with zero attached hydrogens (tertiary/aromatic N) is 4. The van der Waals surface area contributed by atoms with Gasteiger partial charge in [0.15, 0.2) is 11.2 Å². The molecule has 2 aliphatic heterocycles. The van der Waals surface area contributed by atoms with Crippen LogP contribution in [-0.2, 0) is 9.53 Å². The summed E-state index contributed by atoms with van der Waals surface area (Å²) in [7, 11) is -2.52. The van der Waals surface area contributed by atoms with Crippen molar-refractivity contribution in [2.45, 2.75) is 62.3 Å². The van der Waals surface area contributed by atoms with Crippen LogP contribution in [0.5, 0.6) is 0 Å². The number of aromatic nitrogens is 1. The van der Waals surface area contributed by atoms with E-state index in [0.717, 1.165) is 41.1 Å². The first-order chi connectivity index (χ1) is 20.5. The van der Waals surface area contributed by atoms with Crippen LogP contribution in [0.2, 0.25) is 0 Å². The summed E-state index contributed by atoms with van der Waals surface area (Å²) in [5.74, 6) is -0.108. The highest BCUT2D eigenvalue weighted by Gasteiger charge is 2.48. The van der Waals surface area contributed by atoms with Gasteiger partial charge in [0.2, 0.25) is 5.91 Å². The molecule has 234 valence electrons. The number of morpholine rings is 1. The maximum atomic E-state index is 13.5. The number of carbonyl (C=O) groups excluding carboxylic acids is 1. The summed E-state index contributed by atoms with van der Waals surface area (Å²) >= 11 is 1.34. The molecule has 0 spiro atoms. The first kappa shape index (κ1) is 30.5. The summed E-state index contributed by atoms with van der Waals surface area (Å²) < 4.78 is 65.6. The van der Waals surface area contributed by atoms with Gasteiger partial charge in [-0.2, -0.15) is 29.0 Å². The Labute approximate surface area is 254 Å². The Hall–Kier alpha value is -2.57. The monoisotopic (exact) mass is 639 g/mol. The first-order valence-electron chi connectivity index (χ1n) is 14.7. The topological polar surface area (TPSA) is 122 Å². The molecular weight excluding hydrogens is 603 g/mol. The molecule has 0 radical (unpaired) electrons. The van der Waals surface area contributed by atoms with Gasteiger partial charge < -0.3 is 19.9 Å². The fraction of sp³-hybridized carbons (Fsp3) is 0.621. The highest BCUT2D eigenvalue weighted by Crippen LogP contribution is 2.47. The fourth-order valence-electron chi connectivity index (χ4n) is 6.23. The van der Waals surface area contributed by atoms with Crippen LogP contribution < -0.4 is 15.1 Å². The van der Waals surface area contributed by atoms with E-state index in [1.165, 1.54) is 11.3 Å². The predicted molar refractivity (Wildman–Crippen MR) is 161 cm³/mol. The van der Waals surface area contributed by atoms with Gasteiger partial charge in [-0.3, -0.25) is 13.9 Å². The second kappa shape index (κ2) is 11.7. The number of carbonyl (C=O) groups is 1. The van der Waals surface area contributed by atoms with Gasteiger partial charge in [-0.15, -0.1) is 0 Å². The molecule has 0 unspecified atom stereocenters. The number of benzene rings is 1. The minimum atomic E-state index is -4.48. The van der Waals surface area contributed by atoms with Crippen molar-refractivity contribution in [1.29, 1.82) is 5.26 Å². The normalized spacial score (nSPS) is 27.7. The summed E-state index contributed by atoms with van der Waals surface area (Å²) in [5, 5.41) is 13.0. The number of hydrogen-bond donors (Lipinski definition) is 3. The van der Waals surface area contributed by atoms with Crippen LogP contribution in [0.15, 0.2) is 24.3 Å². The summed E-state index contributed by atoms with van der Waals surface area (Å²) in [6.07, 6.45) is -1.93. The Kier molecular flexibility index (Phi) is 8.31. The molecule has 4 fully saturated rings. The van der Waals surface area contributed by atoms with Crippen molar-refractivity contribution >= 4 is 38.7 Å². The number of nitrogens with one attached hydrogen (secondary N) is 1. The van der Waals surface area contributed by atoms with Crippen LogP contribution in [0.3, 0.4) is 0 Å². The van der Waals surface area contributed by atoms with Crippen LogP contribution >= 0.6 is 21.9 Å². The molecule has 6 rings (SSSR count). The van der Waals surface area contributed by atoms with Gasteiger partial charge in [-0.1, -0.05) is 36.3 Å². The SMILES string of the molecule is N#CC1(NC(=O)[C@@H]2CCCC[C@H]2c2nc(N3CCO[C@H](C(F)(F)F)C3)sc2-c2ccc(N3CCS(O)(O)CC3)cc2)CC1. The van der Waals surface area contributed by atoms with Gasteiger partial charge in [0, 0.05) is 37.2 Å². The lowest BCUT2D eigenvalue weighted by Gasteiger charge is -2.41. The number of rotatable bonds is 6. The standard InChI is InChI=1S/C29H36F3N5O4S2/c30-29(31,32)23-17-37(11-14-41-23)27-34-24(21-3-1-2-4-22(21)26(38)35-28(18-33)9-10-28)25(42-27)19-5-7-20(8-6-19)36-12-15-43(39,40)16-13-36/h5-8,21-23,39-40H,1-4,9-17H2,(H,35,38)/t21-,22-,23+/m1/s1. The lowest BCUT2D eigenvalue weighted by molar-refractivity contribution is -0.221. The van der Waals surface area contributed by atoms with Crippen molar-refractivity contribution < 1.29 is 31.8 Å². The second-order valence-electron chi connectivity index (χ2n) is 12.0.